The first-order valence-corrected chi connectivity index (χ1v) is 6.48. The van der Waals surface area contributed by atoms with Gasteiger partial charge in [-0.05, 0) is 38.7 Å². The average Bonchev–Trinajstić information content (AvgIpc) is 2.38. The lowest BCUT2D eigenvalue weighted by molar-refractivity contribution is 0.109. The molecule has 0 bridgehead atoms. The van der Waals surface area contributed by atoms with E-state index in [1.165, 1.54) is 0 Å². The summed E-state index contributed by atoms with van der Waals surface area (Å²) >= 11 is 0. The highest BCUT2D eigenvalue weighted by atomic mass is 16.3. The summed E-state index contributed by atoms with van der Waals surface area (Å²) in [5, 5.41) is 18.7. The minimum atomic E-state index is -0.237. The molecule has 1 saturated heterocycles. The summed E-state index contributed by atoms with van der Waals surface area (Å²) in [6.07, 6.45) is 1.69. The van der Waals surface area contributed by atoms with E-state index in [1.807, 2.05) is 13.8 Å². The van der Waals surface area contributed by atoms with Crippen LogP contribution >= 0.6 is 0 Å². The Morgan fingerprint density at radius 1 is 1.39 bits per heavy atom. The molecule has 0 amide bonds. The van der Waals surface area contributed by atoms with Crippen molar-refractivity contribution >= 4 is 5.95 Å². The zero-order valence-electron chi connectivity index (χ0n) is 11.0. The van der Waals surface area contributed by atoms with Gasteiger partial charge in [-0.15, -0.1) is 0 Å². The van der Waals surface area contributed by atoms with Crippen LogP contribution < -0.4 is 4.90 Å². The molecule has 5 heteroatoms. The highest BCUT2D eigenvalue weighted by molar-refractivity contribution is 5.32. The van der Waals surface area contributed by atoms with Crippen molar-refractivity contribution in [3.63, 3.8) is 0 Å². The molecule has 2 rings (SSSR count). The van der Waals surface area contributed by atoms with E-state index in [-0.39, 0.29) is 12.7 Å². The third-order valence-corrected chi connectivity index (χ3v) is 3.56. The standard InChI is InChI=1S/C13H21N3O2/c1-9-7-12(8-17)15-13(14-9)16-5-3-11(4-6-16)10(2)18/h7,10-11,17-18H,3-6,8H2,1-2H3. The average molecular weight is 251 g/mol. The van der Waals surface area contributed by atoms with Gasteiger partial charge in [-0.2, -0.15) is 0 Å². The maximum Gasteiger partial charge on any atom is 0.225 e. The van der Waals surface area contributed by atoms with Crippen molar-refractivity contribution in [1.82, 2.24) is 9.97 Å². The highest BCUT2D eigenvalue weighted by Crippen LogP contribution is 2.23. The maximum atomic E-state index is 9.58. The number of hydrogen-bond donors (Lipinski definition) is 2. The van der Waals surface area contributed by atoms with Crippen LogP contribution in [0.2, 0.25) is 0 Å². The lowest BCUT2D eigenvalue weighted by Gasteiger charge is -2.33. The summed E-state index contributed by atoms with van der Waals surface area (Å²) < 4.78 is 0. The molecule has 0 aliphatic carbocycles. The van der Waals surface area contributed by atoms with Gasteiger partial charge in [0.25, 0.3) is 0 Å². The van der Waals surface area contributed by atoms with Crippen LogP contribution in [0, 0.1) is 12.8 Å². The summed E-state index contributed by atoms with van der Waals surface area (Å²) in [6, 6.07) is 1.80. The maximum absolute atomic E-state index is 9.58. The first-order valence-electron chi connectivity index (χ1n) is 6.48. The lowest BCUT2D eigenvalue weighted by Crippen LogP contribution is -2.38. The van der Waals surface area contributed by atoms with E-state index >= 15 is 0 Å². The van der Waals surface area contributed by atoms with E-state index in [2.05, 4.69) is 14.9 Å². The second-order valence-electron chi connectivity index (χ2n) is 5.02. The predicted octanol–water partition coefficient (Wildman–Crippen LogP) is 0.875. The minimum absolute atomic E-state index is 0.0551. The van der Waals surface area contributed by atoms with Gasteiger partial charge in [0.05, 0.1) is 18.4 Å². The SMILES string of the molecule is Cc1cc(CO)nc(N2CCC(C(C)O)CC2)n1. The number of aliphatic hydroxyl groups is 2. The number of aryl methyl sites for hydroxylation is 1. The summed E-state index contributed by atoms with van der Waals surface area (Å²) in [6.45, 7) is 5.44. The molecular formula is C13H21N3O2. The van der Waals surface area contributed by atoms with Gasteiger partial charge in [-0.1, -0.05) is 0 Å². The molecule has 0 radical (unpaired) electrons. The Labute approximate surface area is 107 Å². The second-order valence-corrected chi connectivity index (χ2v) is 5.02. The van der Waals surface area contributed by atoms with Gasteiger partial charge in [0.2, 0.25) is 5.95 Å². The van der Waals surface area contributed by atoms with Crippen LogP contribution in [0.25, 0.3) is 0 Å². The van der Waals surface area contributed by atoms with Crippen molar-refractivity contribution in [2.45, 2.75) is 39.4 Å². The van der Waals surface area contributed by atoms with Crippen LogP contribution in [0.3, 0.4) is 0 Å². The van der Waals surface area contributed by atoms with E-state index in [1.54, 1.807) is 6.07 Å². The number of hydrogen-bond acceptors (Lipinski definition) is 5. The Balaban J connectivity index is 2.07. The van der Waals surface area contributed by atoms with Crippen LogP contribution in [0.5, 0.6) is 0 Å². The van der Waals surface area contributed by atoms with Gasteiger partial charge < -0.3 is 15.1 Å². The number of aromatic nitrogens is 2. The summed E-state index contributed by atoms with van der Waals surface area (Å²) in [7, 11) is 0. The Bertz CT molecular complexity index is 401. The van der Waals surface area contributed by atoms with E-state index in [9.17, 15) is 5.11 Å². The van der Waals surface area contributed by atoms with Gasteiger partial charge in [0.15, 0.2) is 0 Å². The minimum Gasteiger partial charge on any atom is -0.393 e. The fraction of sp³-hybridized carbons (Fsp3) is 0.692. The predicted molar refractivity (Wildman–Crippen MR) is 69.3 cm³/mol. The molecule has 0 aromatic carbocycles. The normalized spacial score (nSPS) is 19.0. The number of nitrogens with zero attached hydrogens (tertiary/aromatic N) is 3. The van der Waals surface area contributed by atoms with Crippen LogP contribution in [0.1, 0.15) is 31.2 Å². The lowest BCUT2D eigenvalue weighted by atomic mass is 9.92. The third kappa shape index (κ3) is 2.97. The summed E-state index contributed by atoms with van der Waals surface area (Å²) in [4.78, 5) is 10.9. The number of piperidine rings is 1. The van der Waals surface area contributed by atoms with Gasteiger partial charge in [0.1, 0.15) is 0 Å². The van der Waals surface area contributed by atoms with Gasteiger partial charge in [-0.25, -0.2) is 9.97 Å². The van der Waals surface area contributed by atoms with Gasteiger partial charge >= 0.3 is 0 Å². The van der Waals surface area contributed by atoms with Crippen molar-refractivity contribution in [3.8, 4) is 0 Å². The quantitative estimate of drug-likeness (QED) is 0.834. The van der Waals surface area contributed by atoms with E-state index in [0.29, 0.717) is 17.6 Å². The van der Waals surface area contributed by atoms with Crippen LogP contribution in [-0.2, 0) is 6.61 Å². The molecule has 1 atom stereocenters. The molecule has 1 unspecified atom stereocenters. The van der Waals surface area contributed by atoms with E-state index < -0.39 is 0 Å². The molecule has 1 aliphatic heterocycles. The van der Waals surface area contributed by atoms with Crippen LogP contribution in [0.15, 0.2) is 6.07 Å². The Morgan fingerprint density at radius 3 is 2.61 bits per heavy atom. The van der Waals surface area contributed by atoms with Crippen molar-refractivity contribution in [1.29, 1.82) is 0 Å². The second kappa shape index (κ2) is 5.63. The number of aliphatic hydroxyl groups excluding tert-OH is 2. The molecule has 5 nitrogen and oxygen atoms in total. The molecule has 18 heavy (non-hydrogen) atoms. The smallest absolute Gasteiger partial charge is 0.225 e. The van der Waals surface area contributed by atoms with E-state index in [4.69, 9.17) is 5.11 Å². The van der Waals surface area contributed by atoms with Crippen LogP contribution in [-0.4, -0.2) is 39.4 Å². The van der Waals surface area contributed by atoms with Gasteiger partial charge in [-0.3, -0.25) is 0 Å². The zero-order valence-corrected chi connectivity index (χ0v) is 11.0. The Hall–Kier alpha value is -1.20. The molecule has 100 valence electrons. The largest absolute Gasteiger partial charge is 0.393 e. The van der Waals surface area contributed by atoms with E-state index in [0.717, 1.165) is 31.6 Å². The first kappa shape index (κ1) is 13.2. The molecule has 0 saturated carbocycles. The van der Waals surface area contributed by atoms with Crippen molar-refractivity contribution in [3.05, 3.63) is 17.5 Å². The molecule has 2 heterocycles. The molecule has 2 N–H and O–H groups in total. The number of rotatable bonds is 3. The highest BCUT2D eigenvalue weighted by Gasteiger charge is 2.24. The number of anilines is 1. The molecule has 1 fully saturated rings. The Kier molecular flexibility index (Phi) is 4.14. The van der Waals surface area contributed by atoms with Gasteiger partial charge in [0, 0.05) is 18.8 Å². The first-order chi connectivity index (χ1) is 8.60. The molecule has 1 aromatic heterocycles. The molecular weight excluding hydrogens is 230 g/mol. The fourth-order valence-corrected chi connectivity index (χ4v) is 2.42. The molecule has 1 aliphatic rings. The van der Waals surface area contributed by atoms with Crippen molar-refractivity contribution in [2.75, 3.05) is 18.0 Å². The van der Waals surface area contributed by atoms with Crippen LogP contribution in [0.4, 0.5) is 5.95 Å². The topological polar surface area (TPSA) is 69.5 Å². The fourth-order valence-electron chi connectivity index (χ4n) is 2.42. The Morgan fingerprint density at radius 2 is 2.06 bits per heavy atom. The van der Waals surface area contributed by atoms with Crippen molar-refractivity contribution in [2.24, 2.45) is 5.92 Å². The monoisotopic (exact) mass is 251 g/mol. The van der Waals surface area contributed by atoms with Crippen molar-refractivity contribution < 1.29 is 10.2 Å². The summed E-state index contributed by atoms with van der Waals surface area (Å²) in [5.74, 6) is 1.08. The third-order valence-electron chi connectivity index (χ3n) is 3.56. The summed E-state index contributed by atoms with van der Waals surface area (Å²) in [5.41, 5.74) is 1.54. The zero-order chi connectivity index (χ0) is 13.1. The molecule has 0 spiro atoms. The molecule has 1 aromatic rings.